The lowest BCUT2D eigenvalue weighted by atomic mass is 9.99. The number of guanidine groups is 1. The van der Waals surface area contributed by atoms with Gasteiger partial charge in [-0.3, -0.25) is 14.8 Å². The highest BCUT2D eigenvalue weighted by atomic mass is 15.2. The molecule has 22 heavy (non-hydrogen) atoms. The molecule has 5 nitrogen and oxygen atoms in total. The number of piperidine rings is 1. The molecule has 5 heteroatoms. The molecule has 0 bridgehead atoms. The average molecular weight is 310 g/mol. The van der Waals surface area contributed by atoms with Gasteiger partial charge in [-0.15, -0.1) is 0 Å². The van der Waals surface area contributed by atoms with Crippen molar-refractivity contribution in [1.29, 1.82) is 0 Å². The summed E-state index contributed by atoms with van der Waals surface area (Å²) in [5, 5.41) is 3.32. The van der Waals surface area contributed by atoms with Crippen molar-refractivity contribution in [3.05, 3.63) is 0 Å². The van der Waals surface area contributed by atoms with Gasteiger partial charge in [-0.05, 0) is 58.2 Å². The molecule has 2 saturated heterocycles. The number of nitrogens with zero attached hydrogens (tertiary/aromatic N) is 3. The second-order valence-electron chi connectivity index (χ2n) is 7.12. The lowest BCUT2D eigenvalue weighted by Gasteiger charge is -2.34. The Balaban J connectivity index is 1.70. The van der Waals surface area contributed by atoms with Crippen molar-refractivity contribution >= 4 is 5.96 Å². The largest absolute Gasteiger partial charge is 0.370 e. The molecule has 2 aliphatic rings. The molecular weight excluding hydrogens is 274 g/mol. The molecule has 0 saturated carbocycles. The van der Waals surface area contributed by atoms with E-state index in [1.807, 2.05) is 0 Å². The predicted molar refractivity (Wildman–Crippen MR) is 94.2 cm³/mol. The Bertz CT molecular complexity index is 357. The fourth-order valence-corrected chi connectivity index (χ4v) is 3.79. The Morgan fingerprint density at radius 3 is 2.82 bits per heavy atom. The van der Waals surface area contributed by atoms with Crippen molar-refractivity contribution in [3.8, 4) is 0 Å². The molecule has 3 atom stereocenters. The SMILES string of the molecule is CCN1CCCC1CNC(N)=NCC(C)N1CCCC(C)C1. The van der Waals surface area contributed by atoms with Gasteiger partial charge in [-0.25, -0.2) is 0 Å². The minimum absolute atomic E-state index is 0.488. The highest BCUT2D eigenvalue weighted by Gasteiger charge is 2.23. The number of likely N-dealkylation sites (tertiary alicyclic amines) is 2. The summed E-state index contributed by atoms with van der Waals surface area (Å²) in [6.07, 6.45) is 5.26. The zero-order valence-corrected chi connectivity index (χ0v) is 14.7. The van der Waals surface area contributed by atoms with Gasteiger partial charge in [0.2, 0.25) is 0 Å². The predicted octanol–water partition coefficient (Wildman–Crippen LogP) is 1.50. The quantitative estimate of drug-likeness (QED) is 0.577. The van der Waals surface area contributed by atoms with E-state index in [1.165, 1.54) is 45.3 Å². The monoisotopic (exact) mass is 309 g/mol. The van der Waals surface area contributed by atoms with E-state index in [9.17, 15) is 0 Å². The van der Waals surface area contributed by atoms with Crippen LogP contribution in [0, 0.1) is 5.92 Å². The second-order valence-corrected chi connectivity index (χ2v) is 7.12. The summed E-state index contributed by atoms with van der Waals surface area (Å²) in [5.74, 6) is 1.43. The average Bonchev–Trinajstić information content (AvgIpc) is 2.98. The van der Waals surface area contributed by atoms with Gasteiger partial charge < -0.3 is 11.1 Å². The van der Waals surface area contributed by atoms with Crippen LogP contribution in [0.25, 0.3) is 0 Å². The van der Waals surface area contributed by atoms with Crippen molar-refractivity contribution in [1.82, 2.24) is 15.1 Å². The third kappa shape index (κ3) is 5.13. The minimum Gasteiger partial charge on any atom is -0.370 e. The maximum atomic E-state index is 6.05. The Kier molecular flexibility index (Phi) is 6.96. The summed E-state index contributed by atoms with van der Waals surface area (Å²) in [5.41, 5.74) is 6.05. The summed E-state index contributed by atoms with van der Waals surface area (Å²) in [4.78, 5) is 9.64. The Morgan fingerprint density at radius 1 is 1.32 bits per heavy atom. The van der Waals surface area contributed by atoms with Crippen LogP contribution in [-0.4, -0.2) is 67.1 Å². The molecule has 2 fully saturated rings. The number of rotatable bonds is 6. The van der Waals surface area contributed by atoms with Crippen LogP contribution in [0.1, 0.15) is 46.5 Å². The maximum Gasteiger partial charge on any atom is 0.188 e. The van der Waals surface area contributed by atoms with Crippen LogP contribution < -0.4 is 11.1 Å². The summed E-state index contributed by atoms with van der Waals surface area (Å²) in [6.45, 7) is 13.4. The molecular formula is C17H35N5. The summed E-state index contributed by atoms with van der Waals surface area (Å²) in [7, 11) is 0. The highest BCUT2D eigenvalue weighted by molar-refractivity contribution is 5.77. The Labute approximate surface area is 136 Å². The number of aliphatic imine (C=N–C) groups is 1. The van der Waals surface area contributed by atoms with Gasteiger partial charge in [-0.1, -0.05) is 13.8 Å². The van der Waals surface area contributed by atoms with Gasteiger partial charge in [-0.2, -0.15) is 0 Å². The van der Waals surface area contributed by atoms with E-state index in [0.717, 1.165) is 25.6 Å². The molecule has 2 rings (SSSR count). The molecule has 2 heterocycles. The molecule has 3 N–H and O–H groups in total. The summed E-state index contributed by atoms with van der Waals surface area (Å²) < 4.78 is 0. The number of likely N-dealkylation sites (N-methyl/N-ethyl adjacent to an activating group) is 1. The van der Waals surface area contributed by atoms with Crippen molar-refractivity contribution in [3.63, 3.8) is 0 Å². The van der Waals surface area contributed by atoms with Crippen molar-refractivity contribution < 1.29 is 0 Å². The van der Waals surface area contributed by atoms with Crippen LogP contribution in [0.4, 0.5) is 0 Å². The Hall–Kier alpha value is -0.810. The van der Waals surface area contributed by atoms with Gasteiger partial charge in [0.1, 0.15) is 0 Å². The van der Waals surface area contributed by atoms with Crippen molar-refractivity contribution in [2.75, 3.05) is 39.3 Å². The van der Waals surface area contributed by atoms with E-state index < -0.39 is 0 Å². The van der Waals surface area contributed by atoms with E-state index in [2.05, 4.69) is 40.9 Å². The van der Waals surface area contributed by atoms with Crippen molar-refractivity contribution in [2.45, 2.75) is 58.5 Å². The van der Waals surface area contributed by atoms with Crippen LogP contribution in [0.2, 0.25) is 0 Å². The number of nitrogens with one attached hydrogen (secondary N) is 1. The first kappa shape index (κ1) is 17.5. The van der Waals surface area contributed by atoms with Crippen LogP contribution in [0.5, 0.6) is 0 Å². The van der Waals surface area contributed by atoms with Gasteiger partial charge in [0.15, 0.2) is 5.96 Å². The van der Waals surface area contributed by atoms with E-state index in [1.54, 1.807) is 0 Å². The summed E-state index contributed by atoms with van der Waals surface area (Å²) in [6, 6.07) is 1.11. The fraction of sp³-hybridized carbons (Fsp3) is 0.941. The first-order valence-electron chi connectivity index (χ1n) is 9.12. The molecule has 3 unspecified atom stereocenters. The lowest BCUT2D eigenvalue weighted by molar-refractivity contribution is 0.142. The molecule has 0 aliphatic carbocycles. The second kappa shape index (κ2) is 8.73. The van der Waals surface area contributed by atoms with Crippen molar-refractivity contribution in [2.24, 2.45) is 16.6 Å². The third-order valence-corrected chi connectivity index (χ3v) is 5.26. The normalized spacial score (nSPS) is 29.7. The zero-order chi connectivity index (χ0) is 15.9. The smallest absolute Gasteiger partial charge is 0.188 e. The van der Waals surface area contributed by atoms with E-state index in [4.69, 9.17) is 5.73 Å². The molecule has 0 aromatic heterocycles. The maximum absolute atomic E-state index is 6.05. The molecule has 0 aromatic carbocycles. The molecule has 128 valence electrons. The third-order valence-electron chi connectivity index (χ3n) is 5.26. The van der Waals surface area contributed by atoms with Crippen LogP contribution in [0.15, 0.2) is 4.99 Å². The van der Waals surface area contributed by atoms with Crippen LogP contribution >= 0.6 is 0 Å². The van der Waals surface area contributed by atoms with E-state index in [-0.39, 0.29) is 0 Å². The number of nitrogens with two attached hydrogens (primary N) is 1. The molecule has 0 radical (unpaired) electrons. The molecule has 0 amide bonds. The molecule has 0 aromatic rings. The molecule has 0 spiro atoms. The van der Waals surface area contributed by atoms with Gasteiger partial charge in [0, 0.05) is 25.2 Å². The summed E-state index contributed by atoms with van der Waals surface area (Å²) >= 11 is 0. The van der Waals surface area contributed by atoms with E-state index in [0.29, 0.717) is 18.0 Å². The minimum atomic E-state index is 0.488. The van der Waals surface area contributed by atoms with E-state index >= 15 is 0 Å². The van der Waals surface area contributed by atoms with Crippen LogP contribution in [-0.2, 0) is 0 Å². The standard InChI is InChI=1S/C17H35N5/c1-4-21-9-6-8-16(21)12-20-17(18)19-11-15(3)22-10-5-7-14(2)13-22/h14-16H,4-13H2,1-3H3,(H3,18,19,20). The number of hydrogen-bond acceptors (Lipinski definition) is 3. The van der Waals surface area contributed by atoms with Crippen LogP contribution in [0.3, 0.4) is 0 Å². The molecule has 2 aliphatic heterocycles. The first-order chi connectivity index (χ1) is 10.6. The van der Waals surface area contributed by atoms with Gasteiger partial charge in [0.05, 0.1) is 6.54 Å². The highest BCUT2D eigenvalue weighted by Crippen LogP contribution is 2.18. The first-order valence-corrected chi connectivity index (χ1v) is 9.12. The number of hydrogen-bond donors (Lipinski definition) is 2. The fourth-order valence-electron chi connectivity index (χ4n) is 3.79. The van der Waals surface area contributed by atoms with Gasteiger partial charge >= 0.3 is 0 Å². The zero-order valence-electron chi connectivity index (χ0n) is 14.7. The Morgan fingerprint density at radius 2 is 2.09 bits per heavy atom. The van der Waals surface area contributed by atoms with Gasteiger partial charge in [0.25, 0.3) is 0 Å². The topological polar surface area (TPSA) is 56.9 Å². The lowest BCUT2D eigenvalue weighted by Crippen LogP contribution is -2.44.